The Morgan fingerprint density at radius 1 is 1.44 bits per heavy atom. The van der Waals surface area contributed by atoms with E-state index >= 15 is 0 Å². The Morgan fingerprint density at radius 3 is 2.94 bits per heavy atom. The molecule has 0 unspecified atom stereocenters. The lowest BCUT2D eigenvalue weighted by Gasteiger charge is -2.07. The summed E-state index contributed by atoms with van der Waals surface area (Å²) in [6.07, 6.45) is 2.24. The fourth-order valence-electron chi connectivity index (χ4n) is 1.71. The molecule has 2 aromatic rings. The van der Waals surface area contributed by atoms with Gasteiger partial charge in [-0.3, -0.25) is 0 Å². The van der Waals surface area contributed by atoms with E-state index in [1.165, 1.54) is 0 Å². The highest BCUT2D eigenvalue weighted by molar-refractivity contribution is 5.84. The molecule has 0 amide bonds. The van der Waals surface area contributed by atoms with Crippen molar-refractivity contribution in [3.63, 3.8) is 0 Å². The molecule has 5 nitrogen and oxygen atoms in total. The smallest absolute Gasteiger partial charge is 0.341 e. The van der Waals surface area contributed by atoms with Gasteiger partial charge in [0.05, 0.1) is 0 Å². The molecule has 5 N–H and O–H groups in total. The average molecular weight is 219 g/mol. The van der Waals surface area contributed by atoms with Gasteiger partial charge in [-0.1, -0.05) is 18.2 Å². The SMILES string of the molecule is NOC(=O)[C@H](N)Cc1c[nH]c2ccccc12. The summed E-state index contributed by atoms with van der Waals surface area (Å²) in [5.41, 5.74) is 7.64. The second-order valence-electron chi connectivity index (χ2n) is 3.61. The van der Waals surface area contributed by atoms with E-state index in [1.807, 2.05) is 30.5 Å². The van der Waals surface area contributed by atoms with Crippen LogP contribution in [-0.2, 0) is 16.1 Å². The predicted molar refractivity (Wildman–Crippen MR) is 60.3 cm³/mol. The number of rotatable bonds is 3. The molecule has 0 saturated heterocycles. The molecule has 0 bridgehead atoms. The van der Waals surface area contributed by atoms with E-state index in [2.05, 4.69) is 9.82 Å². The highest BCUT2D eigenvalue weighted by Gasteiger charge is 2.16. The van der Waals surface area contributed by atoms with E-state index in [-0.39, 0.29) is 0 Å². The monoisotopic (exact) mass is 219 g/mol. The van der Waals surface area contributed by atoms with Gasteiger partial charge in [0.25, 0.3) is 0 Å². The highest BCUT2D eigenvalue weighted by Crippen LogP contribution is 2.18. The van der Waals surface area contributed by atoms with E-state index in [0.29, 0.717) is 6.42 Å². The van der Waals surface area contributed by atoms with Crippen molar-refractivity contribution in [2.75, 3.05) is 0 Å². The first kappa shape index (κ1) is 10.7. The lowest BCUT2D eigenvalue weighted by Crippen LogP contribution is -2.35. The topological polar surface area (TPSA) is 94.1 Å². The maximum Gasteiger partial charge on any atom is 0.341 e. The van der Waals surface area contributed by atoms with E-state index in [4.69, 9.17) is 11.6 Å². The molecule has 1 aromatic heterocycles. The van der Waals surface area contributed by atoms with Crippen LogP contribution >= 0.6 is 0 Å². The third kappa shape index (κ3) is 1.91. The van der Waals surface area contributed by atoms with Gasteiger partial charge >= 0.3 is 5.97 Å². The summed E-state index contributed by atoms with van der Waals surface area (Å²) in [6, 6.07) is 7.08. The number of carbonyl (C=O) groups excluding carboxylic acids is 1. The van der Waals surface area contributed by atoms with Crippen molar-refractivity contribution >= 4 is 16.9 Å². The number of aromatic amines is 1. The van der Waals surface area contributed by atoms with Gasteiger partial charge in [0.1, 0.15) is 6.04 Å². The maximum absolute atomic E-state index is 11.1. The number of nitrogens with two attached hydrogens (primary N) is 2. The minimum atomic E-state index is -0.732. The van der Waals surface area contributed by atoms with Crippen molar-refractivity contribution in [3.8, 4) is 0 Å². The molecule has 1 atom stereocenters. The van der Waals surface area contributed by atoms with Gasteiger partial charge in [0.15, 0.2) is 0 Å². The Morgan fingerprint density at radius 2 is 2.19 bits per heavy atom. The first-order chi connectivity index (χ1) is 7.72. The molecule has 1 aromatic carbocycles. The van der Waals surface area contributed by atoms with E-state index in [9.17, 15) is 4.79 Å². The summed E-state index contributed by atoms with van der Waals surface area (Å²) >= 11 is 0. The van der Waals surface area contributed by atoms with Gasteiger partial charge in [0, 0.05) is 23.5 Å². The first-order valence-corrected chi connectivity index (χ1v) is 4.93. The summed E-state index contributed by atoms with van der Waals surface area (Å²) < 4.78 is 0. The molecule has 0 aliphatic rings. The van der Waals surface area contributed by atoms with Gasteiger partial charge in [-0.15, -0.1) is 0 Å². The number of aromatic nitrogens is 1. The van der Waals surface area contributed by atoms with Crippen LogP contribution in [0.1, 0.15) is 5.56 Å². The molecule has 1 heterocycles. The number of H-pyrrole nitrogens is 1. The highest BCUT2D eigenvalue weighted by atomic mass is 16.7. The van der Waals surface area contributed by atoms with Crippen LogP contribution in [0.25, 0.3) is 10.9 Å². The van der Waals surface area contributed by atoms with Crippen LogP contribution in [0, 0.1) is 0 Å². The zero-order valence-corrected chi connectivity index (χ0v) is 8.64. The summed E-state index contributed by atoms with van der Waals surface area (Å²) in [5, 5.41) is 1.06. The zero-order chi connectivity index (χ0) is 11.5. The third-order valence-electron chi connectivity index (χ3n) is 2.53. The molecule has 0 aliphatic heterocycles. The van der Waals surface area contributed by atoms with Crippen LogP contribution in [0.3, 0.4) is 0 Å². The number of benzene rings is 1. The average Bonchev–Trinajstić information content (AvgIpc) is 2.72. The molecular formula is C11H13N3O2. The molecular weight excluding hydrogens is 206 g/mol. The van der Waals surface area contributed by atoms with E-state index in [0.717, 1.165) is 16.5 Å². The minimum absolute atomic E-state index is 0.403. The molecule has 84 valence electrons. The lowest BCUT2D eigenvalue weighted by molar-refractivity contribution is -0.145. The Hall–Kier alpha value is -1.85. The Balaban J connectivity index is 2.24. The van der Waals surface area contributed by atoms with Gasteiger partial charge in [-0.05, 0) is 11.6 Å². The second-order valence-corrected chi connectivity index (χ2v) is 3.61. The summed E-state index contributed by atoms with van der Waals surface area (Å²) in [7, 11) is 0. The molecule has 0 spiro atoms. The Kier molecular flexibility index (Phi) is 2.89. The Labute approximate surface area is 92.3 Å². The Bertz CT molecular complexity index is 507. The molecule has 0 fully saturated rings. The number of carbonyl (C=O) groups is 1. The number of hydrogen-bond acceptors (Lipinski definition) is 4. The van der Waals surface area contributed by atoms with Crippen molar-refractivity contribution in [3.05, 3.63) is 36.0 Å². The van der Waals surface area contributed by atoms with E-state index in [1.54, 1.807) is 0 Å². The quantitative estimate of drug-likeness (QED) is 0.653. The molecule has 0 saturated carbocycles. The molecule has 2 rings (SSSR count). The number of nitrogens with one attached hydrogen (secondary N) is 1. The van der Waals surface area contributed by atoms with Crippen LogP contribution in [0.15, 0.2) is 30.5 Å². The van der Waals surface area contributed by atoms with E-state index < -0.39 is 12.0 Å². The van der Waals surface area contributed by atoms with Crippen molar-refractivity contribution in [2.45, 2.75) is 12.5 Å². The minimum Gasteiger partial charge on any atom is -0.372 e. The normalized spacial score (nSPS) is 12.6. The van der Waals surface area contributed by atoms with Gasteiger partial charge in [-0.25, -0.2) is 4.79 Å². The van der Waals surface area contributed by atoms with Gasteiger partial charge in [0.2, 0.25) is 0 Å². The van der Waals surface area contributed by atoms with Crippen molar-refractivity contribution in [2.24, 2.45) is 11.6 Å². The molecule has 0 aliphatic carbocycles. The zero-order valence-electron chi connectivity index (χ0n) is 8.64. The maximum atomic E-state index is 11.1. The van der Waals surface area contributed by atoms with Crippen molar-refractivity contribution in [1.82, 2.24) is 4.98 Å². The molecule has 5 heteroatoms. The summed E-state index contributed by atoms with van der Waals surface area (Å²) in [6.45, 7) is 0. The van der Waals surface area contributed by atoms with Gasteiger partial charge < -0.3 is 15.6 Å². The number of hydrogen-bond donors (Lipinski definition) is 3. The fourth-order valence-corrected chi connectivity index (χ4v) is 1.71. The lowest BCUT2D eigenvalue weighted by atomic mass is 10.1. The van der Waals surface area contributed by atoms with Crippen LogP contribution in [0.4, 0.5) is 0 Å². The largest absolute Gasteiger partial charge is 0.372 e. The van der Waals surface area contributed by atoms with Crippen LogP contribution in [0.5, 0.6) is 0 Å². The first-order valence-electron chi connectivity index (χ1n) is 4.93. The number of fused-ring (bicyclic) bond motifs is 1. The van der Waals surface area contributed by atoms with Crippen molar-refractivity contribution < 1.29 is 9.63 Å². The molecule has 16 heavy (non-hydrogen) atoms. The van der Waals surface area contributed by atoms with Crippen molar-refractivity contribution in [1.29, 1.82) is 0 Å². The summed E-state index contributed by atoms with van der Waals surface area (Å²) in [4.78, 5) is 18.3. The fraction of sp³-hybridized carbons (Fsp3) is 0.182. The van der Waals surface area contributed by atoms with Crippen LogP contribution < -0.4 is 11.6 Å². The predicted octanol–water partition coefficient (Wildman–Crippen LogP) is 0.455. The van der Waals surface area contributed by atoms with Crippen LogP contribution in [-0.4, -0.2) is 17.0 Å². The van der Waals surface area contributed by atoms with Crippen LogP contribution in [0.2, 0.25) is 0 Å². The molecule has 0 radical (unpaired) electrons. The number of para-hydroxylation sites is 1. The van der Waals surface area contributed by atoms with Gasteiger partial charge in [-0.2, -0.15) is 5.90 Å². The second kappa shape index (κ2) is 4.34. The third-order valence-corrected chi connectivity index (χ3v) is 2.53. The standard InChI is InChI=1S/C11H13N3O2/c12-9(11(15)16-13)5-7-6-14-10-4-2-1-3-8(7)10/h1-4,6,9,14H,5,12-13H2/t9-/m1/s1. The summed E-state index contributed by atoms with van der Waals surface area (Å²) in [5.74, 6) is 4.17.